The van der Waals surface area contributed by atoms with Gasteiger partial charge in [0.05, 0.1) is 30.3 Å². The van der Waals surface area contributed by atoms with Gasteiger partial charge in [-0.15, -0.1) is 0 Å². The standard InChI is InChI=1S/C12H17F3N4O/c1-19-2-3-20-8(7-19)5-17-10-4-11(12(13,14)15)18-6-9(10)16/h4,6,8H,2-3,5,7,16H2,1H3,(H,17,18). The third-order valence-electron chi connectivity index (χ3n) is 3.09. The van der Waals surface area contributed by atoms with Gasteiger partial charge in [-0.3, -0.25) is 0 Å². The quantitative estimate of drug-likeness (QED) is 0.881. The van der Waals surface area contributed by atoms with Crippen LogP contribution in [0.3, 0.4) is 0 Å². The molecule has 2 heterocycles. The number of hydrogen-bond donors (Lipinski definition) is 2. The number of halogens is 3. The summed E-state index contributed by atoms with van der Waals surface area (Å²) in [4.78, 5) is 5.39. The number of aromatic nitrogens is 1. The lowest BCUT2D eigenvalue weighted by molar-refractivity contribution is -0.141. The minimum Gasteiger partial charge on any atom is -0.396 e. The number of hydrogen-bond acceptors (Lipinski definition) is 5. The number of likely N-dealkylation sites (N-methyl/N-ethyl adjacent to an activating group) is 1. The average molecular weight is 290 g/mol. The molecule has 1 aliphatic rings. The second-order valence-corrected chi connectivity index (χ2v) is 4.79. The van der Waals surface area contributed by atoms with E-state index < -0.39 is 11.9 Å². The largest absolute Gasteiger partial charge is 0.433 e. The molecule has 112 valence electrons. The Morgan fingerprint density at radius 3 is 2.95 bits per heavy atom. The van der Waals surface area contributed by atoms with Crippen molar-refractivity contribution in [3.05, 3.63) is 18.0 Å². The third-order valence-corrected chi connectivity index (χ3v) is 3.09. The summed E-state index contributed by atoms with van der Waals surface area (Å²) in [6.07, 6.45) is -3.54. The topological polar surface area (TPSA) is 63.4 Å². The normalized spacial score (nSPS) is 20.9. The van der Waals surface area contributed by atoms with Crippen molar-refractivity contribution in [2.24, 2.45) is 0 Å². The molecule has 5 nitrogen and oxygen atoms in total. The Kier molecular flexibility index (Phi) is 4.34. The monoisotopic (exact) mass is 290 g/mol. The van der Waals surface area contributed by atoms with E-state index in [1.54, 1.807) is 0 Å². The fourth-order valence-corrected chi connectivity index (χ4v) is 1.99. The van der Waals surface area contributed by atoms with Crippen LogP contribution in [-0.2, 0) is 10.9 Å². The van der Waals surface area contributed by atoms with E-state index in [1.807, 2.05) is 7.05 Å². The van der Waals surface area contributed by atoms with Crippen LogP contribution in [0.25, 0.3) is 0 Å². The van der Waals surface area contributed by atoms with Gasteiger partial charge >= 0.3 is 6.18 Å². The minimum atomic E-state index is -4.48. The summed E-state index contributed by atoms with van der Waals surface area (Å²) >= 11 is 0. The van der Waals surface area contributed by atoms with Crippen LogP contribution in [0.15, 0.2) is 12.3 Å². The number of rotatable bonds is 3. The molecule has 2 rings (SSSR count). The van der Waals surface area contributed by atoms with Crippen molar-refractivity contribution in [3.8, 4) is 0 Å². The molecule has 1 saturated heterocycles. The Bertz CT molecular complexity index is 467. The van der Waals surface area contributed by atoms with Crippen molar-refractivity contribution in [3.63, 3.8) is 0 Å². The highest BCUT2D eigenvalue weighted by Gasteiger charge is 2.33. The van der Waals surface area contributed by atoms with Crippen LogP contribution in [0.4, 0.5) is 24.5 Å². The van der Waals surface area contributed by atoms with Crippen LogP contribution in [0.5, 0.6) is 0 Å². The first-order chi connectivity index (χ1) is 9.36. The van der Waals surface area contributed by atoms with Gasteiger partial charge in [0, 0.05) is 19.6 Å². The second-order valence-electron chi connectivity index (χ2n) is 4.79. The van der Waals surface area contributed by atoms with E-state index in [1.165, 1.54) is 0 Å². The molecule has 0 aromatic carbocycles. The number of nitrogens with two attached hydrogens (primary N) is 1. The highest BCUT2D eigenvalue weighted by Crippen LogP contribution is 2.31. The van der Waals surface area contributed by atoms with E-state index in [-0.39, 0.29) is 17.5 Å². The number of nitrogen functional groups attached to an aromatic ring is 1. The second kappa shape index (κ2) is 5.84. The molecular weight excluding hydrogens is 273 g/mol. The number of nitrogens with zero attached hydrogens (tertiary/aromatic N) is 2. The van der Waals surface area contributed by atoms with Gasteiger partial charge in [0.2, 0.25) is 0 Å². The number of anilines is 2. The number of morpholine rings is 1. The van der Waals surface area contributed by atoms with Gasteiger partial charge in [-0.05, 0) is 13.1 Å². The molecule has 8 heteroatoms. The number of alkyl halides is 3. The molecule has 1 fully saturated rings. The number of ether oxygens (including phenoxy) is 1. The minimum absolute atomic E-state index is 0.0735. The maximum absolute atomic E-state index is 12.6. The fraction of sp³-hybridized carbons (Fsp3) is 0.583. The summed E-state index contributed by atoms with van der Waals surface area (Å²) < 4.78 is 43.3. The Hall–Kier alpha value is -1.54. The Morgan fingerprint density at radius 2 is 2.30 bits per heavy atom. The van der Waals surface area contributed by atoms with Gasteiger partial charge in [0.15, 0.2) is 0 Å². The predicted octanol–water partition coefficient (Wildman–Crippen LogP) is 1.43. The van der Waals surface area contributed by atoms with Crippen LogP contribution in [0, 0.1) is 0 Å². The summed E-state index contributed by atoms with van der Waals surface area (Å²) in [5, 5.41) is 2.90. The zero-order chi connectivity index (χ0) is 14.8. The first kappa shape index (κ1) is 14.9. The molecule has 1 atom stereocenters. The van der Waals surface area contributed by atoms with Crippen LogP contribution in [0.2, 0.25) is 0 Å². The zero-order valence-corrected chi connectivity index (χ0v) is 11.1. The van der Waals surface area contributed by atoms with E-state index in [0.717, 1.165) is 25.4 Å². The summed E-state index contributed by atoms with van der Waals surface area (Å²) in [5.74, 6) is 0. The van der Waals surface area contributed by atoms with Crippen molar-refractivity contribution in [2.45, 2.75) is 12.3 Å². The molecule has 0 saturated carbocycles. The number of pyridine rings is 1. The molecule has 1 aliphatic heterocycles. The highest BCUT2D eigenvalue weighted by atomic mass is 19.4. The van der Waals surface area contributed by atoms with Gasteiger partial charge in [0.1, 0.15) is 5.69 Å². The van der Waals surface area contributed by atoms with E-state index in [4.69, 9.17) is 10.5 Å². The molecule has 0 radical (unpaired) electrons. The lowest BCUT2D eigenvalue weighted by Gasteiger charge is -2.30. The predicted molar refractivity (Wildman–Crippen MR) is 69.4 cm³/mol. The third kappa shape index (κ3) is 3.73. The molecule has 0 bridgehead atoms. The fourth-order valence-electron chi connectivity index (χ4n) is 1.99. The van der Waals surface area contributed by atoms with Crippen LogP contribution < -0.4 is 11.1 Å². The van der Waals surface area contributed by atoms with E-state index in [2.05, 4.69) is 15.2 Å². The highest BCUT2D eigenvalue weighted by molar-refractivity contribution is 5.65. The smallest absolute Gasteiger partial charge is 0.396 e. The summed E-state index contributed by atoms with van der Waals surface area (Å²) in [6, 6.07) is 0.919. The molecule has 0 spiro atoms. The average Bonchev–Trinajstić information content (AvgIpc) is 2.36. The van der Waals surface area contributed by atoms with Gasteiger partial charge in [-0.25, -0.2) is 4.98 Å². The van der Waals surface area contributed by atoms with Gasteiger partial charge < -0.3 is 20.7 Å². The van der Waals surface area contributed by atoms with Crippen LogP contribution in [-0.4, -0.2) is 49.3 Å². The Labute approximate surface area is 114 Å². The van der Waals surface area contributed by atoms with Gasteiger partial charge in [-0.2, -0.15) is 13.2 Å². The Morgan fingerprint density at radius 1 is 1.55 bits per heavy atom. The van der Waals surface area contributed by atoms with Crippen LogP contribution >= 0.6 is 0 Å². The molecule has 3 N–H and O–H groups in total. The molecule has 1 aromatic heterocycles. The summed E-state index contributed by atoms with van der Waals surface area (Å²) in [5.41, 5.74) is 5.08. The van der Waals surface area contributed by atoms with E-state index in [0.29, 0.717) is 13.2 Å². The van der Waals surface area contributed by atoms with Gasteiger partial charge in [0.25, 0.3) is 0 Å². The maximum atomic E-state index is 12.6. The summed E-state index contributed by atoms with van der Waals surface area (Å²) in [7, 11) is 1.97. The molecule has 1 unspecified atom stereocenters. The number of nitrogens with one attached hydrogen (secondary N) is 1. The molecule has 0 amide bonds. The molecular formula is C12H17F3N4O. The van der Waals surface area contributed by atoms with Crippen molar-refractivity contribution in [1.82, 2.24) is 9.88 Å². The van der Waals surface area contributed by atoms with E-state index in [9.17, 15) is 13.2 Å². The summed E-state index contributed by atoms with van der Waals surface area (Å²) in [6.45, 7) is 2.59. The molecule has 20 heavy (non-hydrogen) atoms. The van der Waals surface area contributed by atoms with Gasteiger partial charge in [-0.1, -0.05) is 0 Å². The maximum Gasteiger partial charge on any atom is 0.433 e. The van der Waals surface area contributed by atoms with Crippen molar-refractivity contribution < 1.29 is 17.9 Å². The van der Waals surface area contributed by atoms with Crippen molar-refractivity contribution >= 4 is 11.4 Å². The Balaban J connectivity index is 2.01. The first-order valence-electron chi connectivity index (χ1n) is 6.23. The zero-order valence-electron chi connectivity index (χ0n) is 11.1. The van der Waals surface area contributed by atoms with Crippen LogP contribution in [0.1, 0.15) is 5.69 Å². The first-order valence-corrected chi connectivity index (χ1v) is 6.23. The van der Waals surface area contributed by atoms with Crippen molar-refractivity contribution in [2.75, 3.05) is 44.3 Å². The molecule has 1 aromatic rings. The van der Waals surface area contributed by atoms with E-state index >= 15 is 0 Å². The van der Waals surface area contributed by atoms with Crippen molar-refractivity contribution in [1.29, 1.82) is 0 Å². The lowest BCUT2D eigenvalue weighted by atomic mass is 10.2. The lowest BCUT2D eigenvalue weighted by Crippen LogP contribution is -2.43. The SMILES string of the molecule is CN1CCOC(CNc2cc(C(F)(F)F)ncc2N)C1. The molecule has 0 aliphatic carbocycles.